The minimum absolute atomic E-state index is 0.00852. The summed E-state index contributed by atoms with van der Waals surface area (Å²) >= 11 is 12.1. The van der Waals surface area contributed by atoms with Crippen LogP contribution < -0.4 is 4.43 Å². The lowest BCUT2D eigenvalue weighted by atomic mass is 9.85. The maximum absolute atomic E-state index is 13.3. The SMILES string of the molecule is CC(C)(C)[Si](C)(C)Oc1ccc2c(c1)C(=O)C(CC1CCN(C(=O)OCc3cc(Cl)cc(Cl)c3)CC1)C2. The van der Waals surface area contributed by atoms with E-state index in [0.29, 0.717) is 29.1 Å². The lowest BCUT2D eigenvalue weighted by Crippen LogP contribution is -2.43. The van der Waals surface area contributed by atoms with E-state index in [2.05, 4.69) is 39.9 Å². The average molecular weight is 563 g/mol. The highest BCUT2D eigenvalue weighted by molar-refractivity contribution is 6.74. The van der Waals surface area contributed by atoms with E-state index >= 15 is 0 Å². The van der Waals surface area contributed by atoms with Crippen LogP contribution in [0.1, 0.15) is 61.5 Å². The number of piperidine rings is 1. The predicted molar refractivity (Wildman–Crippen MR) is 151 cm³/mol. The number of hydrogen-bond acceptors (Lipinski definition) is 4. The number of amides is 1. The summed E-state index contributed by atoms with van der Waals surface area (Å²) in [5.74, 6) is 1.47. The van der Waals surface area contributed by atoms with E-state index in [1.165, 1.54) is 0 Å². The fraction of sp³-hybridized carbons (Fsp3) is 0.517. The molecule has 0 N–H and O–H groups in total. The lowest BCUT2D eigenvalue weighted by Gasteiger charge is -2.36. The van der Waals surface area contributed by atoms with Gasteiger partial charge in [0.15, 0.2) is 5.78 Å². The van der Waals surface area contributed by atoms with Crippen molar-refractivity contribution in [1.29, 1.82) is 0 Å². The van der Waals surface area contributed by atoms with E-state index in [4.69, 9.17) is 32.4 Å². The molecule has 1 amide bonds. The van der Waals surface area contributed by atoms with Crippen molar-refractivity contribution in [2.75, 3.05) is 13.1 Å². The topological polar surface area (TPSA) is 55.8 Å². The van der Waals surface area contributed by atoms with E-state index in [9.17, 15) is 9.59 Å². The largest absolute Gasteiger partial charge is 0.543 e. The molecule has 4 rings (SSSR count). The molecule has 1 aliphatic heterocycles. The standard InChI is InChI=1S/C29H37Cl2NO4Si/c1-29(2,3)37(4,5)36-25-7-6-21-15-22(27(33)26(21)17-25)12-19-8-10-32(11-9-19)28(34)35-18-20-13-23(30)16-24(31)14-20/h6-7,13-14,16-17,19,22H,8-12,15,18H2,1-5H3. The smallest absolute Gasteiger partial charge is 0.410 e. The molecular weight excluding hydrogens is 525 g/mol. The van der Waals surface area contributed by atoms with Gasteiger partial charge in [0, 0.05) is 34.6 Å². The number of halogens is 2. The van der Waals surface area contributed by atoms with Gasteiger partial charge in [-0.05, 0) is 91.2 Å². The van der Waals surface area contributed by atoms with Gasteiger partial charge in [-0.25, -0.2) is 4.79 Å². The van der Waals surface area contributed by atoms with Crippen molar-refractivity contribution >= 4 is 43.4 Å². The quantitative estimate of drug-likeness (QED) is 0.333. The van der Waals surface area contributed by atoms with Gasteiger partial charge in [-0.2, -0.15) is 0 Å². The zero-order valence-electron chi connectivity index (χ0n) is 22.4. The van der Waals surface area contributed by atoms with Crippen LogP contribution in [0.2, 0.25) is 28.2 Å². The first-order chi connectivity index (χ1) is 17.3. The molecule has 0 radical (unpaired) electrons. The van der Waals surface area contributed by atoms with Gasteiger partial charge in [-0.15, -0.1) is 0 Å². The number of rotatable bonds is 6. The second-order valence-electron chi connectivity index (χ2n) is 11.9. The van der Waals surface area contributed by atoms with Gasteiger partial charge in [0.2, 0.25) is 8.32 Å². The molecule has 0 bridgehead atoms. The first kappa shape index (κ1) is 28.0. The fourth-order valence-corrected chi connectivity index (χ4v) is 6.52. The molecule has 0 spiro atoms. The maximum atomic E-state index is 13.3. The molecule has 8 heteroatoms. The highest BCUT2D eigenvalue weighted by Gasteiger charge is 2.40. The van der Waals surface area contributed by atoms with Crippen LogP contribution in [0.4, 0.5) is 4.79 Å². The zero-order valence-corrected chi connectivity index (χ0v) is 24.9. The van der Waals surface area contributed by atoms with Crippen molar-refractivity contribution < 1.29 is 18.8 Å². The highest BCUT2D eigenvalue weighted by atomic mass is 35.5. The Morgan fingerprint density at radius 1 is 1.05 bits per heavy atom. The average Bonchev–Trinajstić information content (AvgIpc) is 3.11. The number of benzene rings is 2. The lowest BCUT2D eigenvalue weighted by molar-refractivity contribution is 0.0765. The number of carbonyl (C=O) groups is 2. The molecule has 1 heterocycles. The van der Waals surface area contributed by atoms with E-state index in [1.54, 1.807) is 23.1 Å². The Bertz CT molecular complexity index is 1150. The Morgan fingerprint density at radius 2 is 1.70 bits per heavy atom. The Labute approximate surface area is 231 Å². The number of nitrogens with zero attached hydrogens (tertiary/aromatic N) is 1. The first-order valence-electron chi connectivity index (χ1n) is 13.1. The summed E-state index contributed by atoms with van der Waals surface area (Å²) in [6.45, 7) is 12.5. The second-order valence-corrected chi connectivity index (χ2v) is 17.5. The van der Waals surface area contributed by atoms with Gasteiger partial charge in [0.05, 0.1) is 0 Å². The molecular formula is C29H37Cl2NO4Si. The Balaban J connectivity index is 1.27. The van der Waals surface area contributed by atoms with Crippen LogP contribution in [-0.4, -0.2) is 38.2 Å². The molecule has 1 atom stereocenters. The number of hydrogen-bond donors (Lipinski definition) is 0. The molecule has 5 nitrogen and oxygen atoms in total. The van der Waals surface area contributed by atoms with Gasteiger partial charge < -0.3 is 14.1 Å². The zero-order chi connectivity index (χ0) is 27.0. The third-order valence-electron chi connectivity index (χ3n) is 8.14. The van der Waals surface area contributed by atoms with E-state index < -0.39 is 8.32 Å². The van der Waals surface area contributed by atoms with Crippen molar-refractivity contribution in [2.24, 2.45) is 11.8 Å². The monoisotopic (exact) mass is 561 g/mol. The van der Waals surface area contributed by atoms with Crippen molar-refractivity contribution in [3.63, 3.8) is 0 Å². The third-order valence-corrected chi connectivity index (χ3v) is 12.9. The van der Waals surface area contributed by atoms with Crippen LogP contribution in [-0.2, 0) is 17.8 Å². The molecule has 200 valence electrons. The van der Waals surface area contributed by atoms with Gasteiger partial charge in [-0.1, -0.05) is 50.0 Å². The van der Waals surface area contributed by atoms with Gasteiger partial charge in [0.1, 0.15) is 12.4 Å². The normalized spacial score (nSPS) is 18.6. The number of fused-ring (bicyclic) bond motifs is 1. The summed E-state index contributed by atoms with van der Waals surface area (Å²) in [5, 5.41) is 1.13. The molecule has 1 unspecified atom stereocenters. The Hall–Kier alpha value is -2.02. The van der Waals surface area contributed by atoms with Crippen LogP contribution in [0.5, 0.6) is 5.75 Å². The summed E-state index contributed by atoms with van der Waals surface area (Å²) < 4.78 is 11.9. The van der Waals surface area contributed by atoms with Crippen molar-refractivity contribution in [3.05, 3.63) is 63.1 Å². The van der Waals surface area contributed by atoms with Gasteiger partial charge in [0.25, 0.3) is 0 Å². The number of Topliss-reactive ketones (excluding diaryl/α,β-unsaturated/α-hetero) is 1. The second kappa shape index (κ2) is 11.0. The number of ether oxygens (including phenoxy) is 1. The molecule has 1 aliphatic carbocycles. The summed E-state index contributed by atoms with van der Waals surface area (Å²) in [6, 6.07) is 11.2. The van der Waals surface area contributed by atoms with Crippen LogP contribution in [0, 0.1) is 11.8 Å². The predicted octanol–water partition coefficient (Wildman–Crippen LogP) is 8.17. The molecule has 1 fully saturated rings. The van der Waals surface area contributed by atoms with Gasteiger partial charge >= 0.3 is 6.09 Å². The Kier molecular flexibility index (Phi) is 8.32. The summed E-state index contributed by atoms with van der Waals surface area (Å²) in [4.78, 5) is 27.6. The molecule has 37 heavy (non-hydrogen) atoms. The molecule has 2 aromatic carbocycles. The van der Waals surface area contributed by atoms with Crippen LogP contribution >= 0.6 is 23.2 Å². The van der Waals surface area contributed by atoms with E-state index in [0.717, 1.165) is 48.1 Å². The molecule has 2 aliphatic rings. The van der Waals surface area contributed by atoms with Crippen LogP contribution in [0.15, 0.2) is 36.4 Å². The Morgan fingerprint density at radius 3 is 2.32 bits per heavy atom. The van der Waals surface area contributed by atoms with Gasteiger partial charge in [-0.3, -0.25) is 4.79 Å². The fourth-order valence-electron chi connectivity index (χ4n) is 4.93. The van der Waals surface area contributed by atoms with Crippen molar-refractivity contribution in [2.45, 2.75) is 71.2 Å². The summed E-state index contributed by atoms with van der Waals surface area (Å²) in [6.07, 6.45) is 3.07. The summed E-state index contributed by atoms with van der Waals surface area (Å²) in [5.41, 5.74) is 2.71. The van der Waals surface area contributed by atoms with Crippen LogP contribution in [0.25, 0.3) is 0 Å². The highest BCUT2D eigenvalue weighted by Crippen LogP contribution is 2.40. The summed E-state index contributed by atoms with van der Waals surface area (Å²) in [7, 11) is -1.96. The minimum atomic E-state index is -1.96. The maximum Gasteiger partial charge on any atom is 0.410 e. The molecule has 2 aromatic rings. The van der Waals surface area contributed by atoms with E-state index in [1.807, 2.05) is 12.1 Å². The number of ketones is 1. The van der Waals surface area contributed by atoms with E-state index in [-0.39, 0.29) is 29.4 Å². The first-order valence-corrected chi connectivity index (χ1v) is 16.7. The molecule has 0 saturated carbocycles. The van der Waals surface area contributed by atoms with Crippen molar-refractivity contribution in [1.82, 2.24) is 4.90 Å². The number of likely N-dealkylation sites (tertiary alicyclic amines) is 1. The minimum Gasteiger partial charge on any atom is -0.543 e. The van der Waals surface area contributed by atoms with Crippen LogP contribution in [0.3, 0.4) is 0 Å². The number of carbonyl (C=O) groups excluding carboxylic acids is 2. The molecule has 1 saturated heterocycles. The third kappa shape index (κ3) is 6.71. The molecule has 0 aromatic heterocycles. The van der Waals surface area contributed by atoms with Crippen molar-refractivity contribution in [3.8, 4) is 5.75 Å².